The van der Waals surface area contributed by atoms with Crippen LogP contribution in [0.15, 0.2) is 77.7 Å². The van der Waals surface area contributed by atoms with Crippen LogP contribution in [0.5, 0.6) is 0 Å². The van der Waals surface area contributed by atoms with Gasteiger partial charge in [-0.05, 0) is 67.2 Å². The predicted molar refractivity (Wildman–Crippen MR) is 168 cm³/mol. The lowest BCUT2D eigenvalue weighted by molar-refractivity contribution is -0.123. The van der Waals surface area contributed by atoms with Gasteiger partial charge in [0, 0.05) is 20.3 Å². The molecule has 2 aromatic heterocycles. The summed E-state index contributed by atoms with van der Waals surface area (Å²) in [6.45, 7) is 4.44. The van der Waals surface area contributed by atoms with Gasteiger partial charge < -0.3 is 25.1 Å². The number of halogens is 1. The third-order valence-corrected chi connectivity index (χ3v) is 6.94. The highest BCUT2D eigenvalue weighted by molar-refractivity contribution is 6.01. The maximum atomic E-state index is 14.3. The summed E-state index contributed by atoms with van der Waals surface area (Å²) >= 11 is 0. The zero-order valence-electron chi connectivity index (χ0n) is 25.3. The molecule has 3 amide bonds. The fraction of sp³-hybridized carbons (Fsp3) is 0.303. The number of hydrogen-bond acceptors (Lipinski definition) is 5. The van der Waals surface area contributed by atoms with Crippen molar-refractivity contribution in [2.75, 3.05) is 19.4 Å². The first-order valence-electron chi connectivity index (χ1n) is 14.4. The SMILES string of the molecule is CC(C)Cc1cccc2[nH]c(Cn3cccc(NC(=O)[C@H](CC/C=C/C(=O)N(C)C)NC(=O)c4ccccc4F)c3=O)nc12. The summed E-state index contributed by atoms with van der Waals surface area (Å²) in [4.78, 5) is 60.9. The fourth-order valence-corrected chi connectivity index (χ4v) is 4.71. The highest BCUT2D eigenvalue weighted by Crippen LogP contribution is 2.20. The van der Waals surface area contributed by atoms with E-state index in [9.17, 15) is 23.6 Å². The van der Waals surface area contributed by atoms with Gasteiger partial charge in [-0.3, -0.25) is 19.2 Å². The number of nitrogens with zero attached hydrogens (tertiary/aromatic N) is 3. The van der Waals surface area contributed by atoms with Gasteiger partial charge in [-0.15, -0.1) is 0 Å². The topological polar surface area (TPSA) is 129 Å². The van der Waals surface area contributed by atoms with E-state index in [1.165, 1.54) is 39.8 Å². The second-order valence-electron chi connectivity index (χ2n) is 11.2. The highest BCUT2D eigenvalue weighted by atomic mass is 19.1. The quantitative estimate of drug-likeness (QED) is 0.209. The Hall–Kier alpha value is -5.06. The monoisotopic (exact) mass is 600 g/mol. The van der Waals surface area contributed by atoms with Crippen LogP contribution >= 0.6 is 0 Å². The molecule has 0 unspecified atom stereocenters. The number of hydrogen-bond donors (Lipinski definition) is 3. The summed E-state index contributed by atoms with van der Waals surface area (Å²) in [6, 6.07) is 13.4. The molecule has 3 N–H and O–H groups in total. The molecular weight excluding hydrogens is 563 g/mol. The van der Waals surface area contributed by atoms with Crippen LogP contribution in [0.4, 0.5) is 10.1 Å². The largest absolute Gasteiger partial charge is 0.345 e. The molecular formula is C33H37FN6O4. The molecule has 4 rings (SSSR count). The number of likely N-dealkylation sites (N-methyl/N-ethyl adjacent to an activating group) is 1. The zero-order valence-corrected chi connectivity index (χ0v) is 25.3. The molecule has 0 saturated heterocycles. The number of aromatic nitrogens is 3. The number of carbonyl (C=O) groups is 3. The Morgan fingerprint density at radius 2 is 1.84 bits per heavy atom. The summed E-state index contributed by atoms with van der Waals surface area (Å²) in [5, 5.41) is 5.19. The van der Waals surface area contributed by atoms with Gasteiger partial charge in [-0.1, -0.05) is 44.2 Å². The predicted octanol–water partition coefficient (Wildman–Crippen LogP) is 4.27. The van der Waals surface area contributed by atoms with E-state index < -0.39 is 29.2 Å². The maximum absolute atomic E-state index is 14.3. The van der Waals surface area contributed by atoms with Gasteiger partial charge in [-0.25, -0.2) is 9.37 Å². The number of carbonyl (C=O) groups excluding carboxylic acids is 3. The van der Waals surface area contributed by atoms with Crippen molar-refractivity contribution in [2.45, 2.75) is 45.7 Å². The number of rotatable bonds is 12. The van der Waals surface area contributed by atoms with Crippen molar-refractivity contribution in [3.63, 3.8) is 0 Å². The molecule has 2 aromatic carbocycles. The molecule has 0 fully saturated rings. The lowest BCUT2D eigenvalue weighted by Gasteiger charge is -2.18. The highest BCUT2D eigenvalue weighted by Gasteiger charge is 2.23. The van der Waals surface area contributed by atoms with Crippen molar-refractivity contribution >= 4 is 34.4 Å². The van der Waals surface area contributed by atoms with Crippen molar-refractivity contribution in [1.82, 2.24) is 24.8 Å². The minimum absolute atomic E-state index is 0.0116. The van der Waals surface area contributed by atoms with Gasteiger partial charge >= 0.3 is 0 Å². The fourth-order valence-electron chi connectivity index (χ4n) is 4.71. The molecule has 10 nitrogen and oxygen atoms in total. The standard InChI is InChI=1S/C33H37FN6O4/c1-21(2)19-22-11-9-15-25-30(22)38-28(35-25)20-40-18-10-16-27(33(40)44)37-32(43)26(14-7-8-17-29(41)39(3)4)36-31(42)23-12-5-6-13-24(23)34/h5-6,8-13,15-18,21,26H,7,14,19-20H2,1-4H3,(H,35,38)(H,36,42)(H,37,43)/b17-8+/t26-/m0/s1. The van der Waals surface area contributed by atoms with Crippen LogP contribution < -0.4 is 16.2 Å². The van der Waals surface area contributed by atoms with Gasteiger partial charge in [0.1, 0.15) is 23.4 Å². The van der Waals surface area contributed by atoms with Crippen molar-refractivity contribution in [2.24, 2.45) is 5.92 Å². The Balaban J connectivity index is 1.53. The number of amides is 3. The van der Waals surface area contributed by atoms with Crippen LogP contribution in [0.2, 0.25) is 0 Å². The number of fused-ring (bicyclic) bond motifs is 1. The van der Waals surface area contributed by atoms with E-state index in [1.54, 1.807) is 32.4 Å². The average molecular weight is 601 g/mol. The third-order valence-electron chi connectivity index (χ3n) is 6.94. The Kier molecular flexibility index (Phi) is 10.4. The summed E-state index contributed by atoms with van der Waals surface area (Å²) in [6.07, 6.45) is 5.80. The van der Waals surface area contributed by atoms with Gasteiger partial charge in [0.15, 0.2) is 0 Å². The van der Waals surface area contributed by atoms with Crippen LogP contribution in [0.3, 0.4) is 0 Å². The molecule has 44 heavy (non-hydrogen) atoms. The van der Waals surface area contributed by atoms with Crippen molar-refractivity contribution < 1.29 is 18.8 Å². The molecule has 0 bridgehead atoms. The number of para-hydroxylation sites is 1. The molecule has 0 aliphatic heterocycles. The Labute approximate surface area is 255 Å². The molecule has 0 aliphatic carbocycles. The second-order valence-corrected chi connectivity index (χ2v) is 11.2. The molecule has 0 radical (unpaired) electrons. The van der Waals surface area contributed by atoms with Crippen LogP contribution in [-0.2, 0) is 22.6 Å². The number of allylic oxidation sites excluding steroid dienone is 1. The Morgan fingerprint density at radius 1 is 1.07 bits per heavy atom. The van der Waals surface area contributed by atoms with E-state index in [4.69, 9.17) is 4.98 Å². The van der Waals surface area contributed by atoms with Crippen LogP contribution in [0, 0.1) is 11.7 Å². The van der Waals surface area contributed by atoms with E-state index in [1.807, 2.05) is 18.2 Å². The number of benzene rings is 2. The molecule has 0 aliphatic rings. The van der Waals surface area contributed by atoms with Crippen LogP contribution in [0.1, 0.15) is 48.4 Å². The van der Waals surface area contributed by atoms with Crippen LogP contribution in [-0.4, -0.2) is 57.3 Å². The van der Waals surface area contributed by atoms with E-state index in [-0.39, 0.29) is 36.5 Å². The van der Waals surface area contributed by atoms with Gasteiger partial charge in [0.25, 0.3) is 11.5 Å². The second kappa shape index (κ2) is 14.4. The summed E-state index contributed by atoms with van der Waals surface area (Å²) in [7, 11) is 3.23. The van der Waals surface area contributed by atoms with Gasteiger partial charge in [0.05, 0.1) is 23.1 Å². The lowest BCUT2D eigenvalue weighted by atomic mass is 10.0. The normalized spacial score (nSPS) is 12.0. The van der Waals surface area contributed by atoms with E-state index >= 15 is 0 Å². The van der Waals surface area contributed by atoms with Gasteiger partial charge in [0.2, 0.25) is 11.8 Å². The number of nitrogens with one attached hydrogen (secondary N) is 3. The summed E-state index contributed by atoms with van der Waals surface area (Å²) in [5.74, 6) is -1.33. The average Bonchev–Trinajstić information content (AvgIpc) is 3.40. The number of imidazole rings is 1. The Bertz CT molecular complexity index is 1740. The molecule has 230 valence electrons. The van der Waals surface area contributed by atoms with E-state index in [2.05, 4.69) is 29.5 Å². The maximum Gasteiger partial charge on any atom is 0.274 e. The van der Waals surface area contributed by atoms with E-state index in [0.717, 1.165) is 29.1 Å². The van der Waals surface area contributed by atoms with Crippen molar-refractivity contribution in [1.29, 1.82) is 0 Å². The third kappa shape index (κ3) is 8.06. The molecule has 2 heterocycles. The number of anilines is 1. The summed E-state index contributed by atoms with van der Waals surface area (Å²) < 4.78 is 15.7. The minimum atomic E-state index is -1.12. The Morgan fingerprint density at radius 3 is 2.57 bits per heavy atom. The first kappa shape index (κ1) is 31.9. The first-order valence-corrected chi connectivity index (χ1v) is 14.4. The van der Waals surface area contributed by atoms with Crippen molar-refractivity contribution in [3.8, 4) is 0 Å². The molecule has 4 aromatic rings. The van der Waals surface area contributed by atoms with Crippen molar-refractivity contribution in [3.05, 3.63) is 106 Å². The minimum Gasteiger partial charge on any atom is -0.345 e. The molecule has 0 saturated carbocycles. The molecule has 11 heteroatoms. The van der Waals surface area contributed by atoms with E-state index in [0.29, 0.717) is 11.7 Å². The number of pyridine rings is 1. The lowest BCUT2D eigenvalue weighted by Crippen LogP contribution is -2.44. The number of aromatic amines is 1. The van der Waals surface area contributed by atoms with Crippen LogP contribution in [0.25, 0.3) is 11.0 Å². The summed E-state index contributed by atoms with van der Waals surface area (Å²) in [5.41, 5.74) is 2.21. The number of H-pyrrole nitrogens is 1. The van der Waals surface area contributed by atoms with Gasteiger partial charge in [-0.2, -0.15) is 0 Å². The first-order chi connectivity index (χ1) is 21.0. The smallest absolute Gasteiger partial charge is 0.274 e. The zero-order chi connectivity index (χ0) is 31.8. The molecule has 1 atom stereocenters. The molecule has 0 spiro atoms.